The Balaban J connectivity index is 3.06. The number of rotatable bonds is 5. The van der Waals surface area contributed by atoms with Crippen molar-refractivity contribution in [1.82, 2.24) is 9.88 Å². The summed E-state index contributed by atoms with van der Waals surface area (Å²) in [6.07, 6.45) is 1.36. The van der Waals surface area contributed by atoms with E-state index in [1.165, 1.54) is 12.3 Å². The van der Waals surface area contributed by atoms with Crippen molar-refractivity contribution in [2.24, 2.45) is 0 Å². The van der Waals surface area contributed by atoms with E-state index in [0.29, 0.717) is 12.4 Å². The molecular formula is C12H12ClN5O. The van der Waals surface area contributed by atoms with E-state index < -0.39 is 5.91 Å². The van der Waals surface area contributed by atoms with Crippen molar-refractivity contribution < 1.29 is 4.79 Å². The molecule has 0 fully saturated rings. The fraction of sp³-hybridized carbons (Fsp3) is 0.333. The molecule has 0 bridgehead atoms. The van der Waals surface area contributed by atoms with Gasteiger partial charge in [0.1, 0.15) is 18.9 Å². The predicted octanol–water partition coefficient (Wildman–Crippen LogP) is 1.66. The maximum atomic E-state index is 12.2. The van der Waals surface area contributed by atoms with E-state index in [4.69, 9.17) is 22.1 Å². The molecule has 1 aromatic heterocycles. The molecule has 1 rings (SSSR count). The largest absolute Gasteiger partial charge is 0.370 e. The van der Waals surface area contributed by atoms with Gasteiger partial charge < -0.3 is 10.2 Å². The zero-order valence-corrected chi connectivity index (χ0v) is 11.1. The van der Waals surface area contributed by atoms with Gasteiger partial charge in [-0.1, -0.05) is 11.6 Å². The van der Waals surface area contributed by atoms with Crippen LogP contribution in [-0.4, -0.2) is 35.4 Å². The van der Waals surface area contributed by atoms with Gasteiger partial charge in [0.25, 0.3) is 5.91 Å². The Kier molecular flexibility index (Phi) is 5.59. The van der Waals surface area contributed by atoms with Gasteiger partial charge in [0.2, 0.25) is 0 Å². The first-order valence-electron chi connectivity index (χ1n) is 5.56. The molecular weight excluding hydrogens is 266 g/mol. The summed E-state index contributed by atoms with van der Waals surface area (Å²) in [6, 6.07) is 5.19. The van der Waals surface area contributed by atoms with Crippen LogP contribution < -0.4 is 5.32 Å². The van der Waals surface area contributed by atoms with E-state index in [-0.39, 0.29) is 23.7 Å². The second kappa shape index (κ2) is 7.20. The molecule has 0 spiro atoms. The number of carbonyl (C=O) groups is 1. The van der Waals surface area contributed by atoms with Gasteiger partial charge in [0.15, 0.2) is 0 Å². The van der Waals surface area contributed by atoms with Crippen molar-refractivity contribution in [2.45, 2.75) is 6.92 Å². The fourth-order valence-corrected chi connectivity index (χ4v) is 1.61. The number of pyridine rings is 1. The van der Waals surface area contributed by atoms with E-state index in [0.717, 1.165) is 4.90 Å². The number of carbonyl (C=O) groups excluding carboxylic acids is 1. The molecule has 0 aromatic carbocycles. The van der Waals surface area contributed by atoms with Gasteiger partial charge >= 0.3 is 0 Å². The number of hydrogen-bond acceptors (Lipinski definition) is 5. The molecule has 0 aliphatic carbocycles. The van der Waals surface area contributed by atoms with Gasteiger partial charge in [-0.05, 0) is 13.0 Å². The molecule has 1 N–H and O–H groups in total. The van der Waals surface area contributed by atoms with Crippen LogP contribution >= 0.6 is 11.6 Å². The molecule has 0 aliphatic heterocycles. The summed E-state index contributed by atoms with van der Waals surface area (Å²) >= 11 is 5.93. The third-order valence-corrected chi connectivity index (χ3v) is 2.56. The van der Waals surface area contributed by atoms with Gasteiger partial charge in [-0.15, -0.1) is 0 Å². The lowest BCUT2D eigenvalue weighted by molar-refractivity contribution is 0.0795. The molecule has 98 valence electrons. The maximum Gasteiger partial charge on any atom is 0.257 e. The third-order valence-electron chi connectivity index (χ3n) is 2.25. The number of hydrogen-bond donors (Lipinski definition) is 1. The minimum absolute atomic E-state index is 0.165. The number of amides is 1. The molecule has 1 aromatic rings. The van der Waals surface area contributed by atoms with Crippen LogP contribution in [0.4, 0.5) is 5.82 Å². The third kappa shape index (κ3) is 3.84. The first-order chi connectivity index (χ1) is 9.13. The van der Waals surface area contributed by atoms with Gasteiger partial charge in [0.05, 0.1) is 22.7 Å². The summed E-state index contributed by atoms with van der Waals surface area (Å²) in [6.45, 7) is 2.22. The number of halogens is 1. The van der Waals surface area contributed by atoms with E-state index in [1.54, 1.807) is 0 Å². The lowest BCUT2D eigenvalue weighted by atomic mass is 10.2. The normalized spacial score (nSPS) is 9.26. The first kappa shape index (κ1) is 14.7. The van der Waals surface area contributed by atoms with Crippen molar-refractivity contribution in [2.75, 3.05) is 25.0 Å². The number of nitrogens with one attached hydrogen (secondary N) is 1. The fourth-order valence-electron chi connectivity index (χ4n) is 1.42. The highest BCUT2D eigenvalue weighted by Gasteiger charge is 2.19. The SMILES string of the molecule is CCNc1cc(C(=O)N(CC#N)CC#N)c(Cl)cn1. The van der Waals surface area contributed by atoms with Gasteiger partial charge in [-0.25, -0.2) is 4.98 Å². The molecule has 0 saturated carbocycles. The molecule has 0 aliphatic rings. The van der Waals surface area contributed by atoms with Crippen molar-refractivity contribution in [3.63, 3.8) is 0 Å². The molecule has 0 atom stereocenters. The molecule has 1 amide bonds. The molecule has 0 unspecified atom stereocenters. The number of nitriles is 2. The number of aromatic nitrogens is 1. The Hall–Kier alpha value is -2.31. The molecule has 1 heterocycles. The standard InChI is InChI=1S/C12H12ClN5O/c1-2-16-11-7-9(10(13)8-17-11)12(19)18(5-3-14)6-4-15/h7-8H,2,5-6H2,1H3,(H,16,17). The van der Waals surface area contributed by atoms with Gasteiger partial charge in [-0.2, -0.15) is 10.5 Å². The first-order valence-corrected chi connectivity index (χ1v) is 5.94. The van der Waals surface area contributed by atoms with Crippen LogP contribution in [0, 0.1) is 22.7 Å². The highest BCUT2D eigenvalue weighted by atomic mass is 35.5. The topological polar surface area (TPSA) is 92.8 Å². The Morgan fingerprint density at radius 1 is 1.47 bits per heavy atom. The van der Waals surface area contributed by atoms with E-state index in [2.05, 4.69) is 10.3 Å². The second-order valence-electron chi connectivity index (χ2n) is 3.56. The average Bonchev–Trinajstić information content (AvgIpc) is 2.40. The summed E-state index contributed by atoms with van der Waals surface area (Å²) in [5.74, 6) is 0.0544. The predicted molar refractivity (Wildman–Crippen MR) is 70.5 cm³/mol. The Labute approximate surface area is 116 Å². The molecule has 19 heavy (non-hydrogen) atoms. The highest BCUT2D eigenvalue weighted by Crippen LogP contribution is 2.19. The van der Waals surface area contributed by atoms with Crippen LogP contribution in [0.5, 0.6) is 0 Å². The van der Waals surface area contributed by atoms with E-state index in [9.17, 15) is 4.79 Å². The van der Waals surface area contributed by atoms with Crippen molar-refractivity contribution in [3.05, 3.63) is 22.8 Å². The van der Waals surface area contributed by atoms with Crippen LogP contribution in [0.1, 0.15) is 17.3 Å². The molecule has 0 saturated heterocycles. The maximum absolute atomic E-state index is 12.2. The van der Waals surface area contributed by atoms with Crippen molar-refractivity contribution in [3.8, 4) is 12.1 Å². The summed E-state index contributed by atoms with van der Waals surface area (Å²) in [7, 11) is 0. The second-order valence-corrected chi connectivity index (χ2v) is 3.96. The van der Waals surface area contributed by atoms with Crippen LogP contribution in [0.25, 0.3) is 0 Å². The minimum atomic E-state index is -0.463. The van der Waals surface area contributed by atoms with Gasteiger partial charge in [0, 0.05) is 12.7 Å². The van der Waals surface area contributed by atoms with E-state index >= 15 is 0 Å². The Bertz CT molecular complexity index is 530. The van der Waals surface area contributed by atoms with Crippen molar-refractivity contribution in [1.29, 1.82) is 10.5 Å². The molecule has 7 heteroatoms. The smallest absolute Gasteiger partial charge is 0.257 e. The quantitative estimate of drug-likeness (QED) is 0.826. The van der Waals surface area contributed by atoms with E-state index in [1.807, 2.05) is 19.1 Å². The van der Waals surface area contributed by atoms with Crippen LogP contribution in [0.3, 0.4) is 0 Å². The van der Waals surface area contributed by atoms with Gasteiger partial charge in [-0.3, -0.25) is 4.79 Å². The van der Waals surface area contributed by atoms with Crippen LogP contribution in [0.2, 0.25) is 5.02 Å². The Morgan fingerprint density at radius 3 is 2.63 bits per heavy atom. The lowest BCUT2D eigenvalue weighted by Gasteiger charge is -2.17. The number of nitrogens with zero attached hydrogens (tertiary/aromatic N) is 4. The lowest BCUT2D eigenvalue weighted by Crippen LogP contribution is -2.32. The Morgan fingerprint density at radius 2 is 2.11 bits per heavy atom. The summed E-state index contributed by atoms with van der Waals surface area (Å²) in [5.41, 5.74) is 0.220. The summed E-state index contributed by atoms with van der Waals surface area (Å²) in [4.78, 5) is 17.3. The zero-order chi connectivity index (χ0) is 14.3. The van der Waals surface area contributed by atoms with Crippen LogP contribution in [-0.2, 0) is 0 Å². The number of anilines is 1. The zero-order valence-electron chi connectivity index (χ0n) is 10.4. The van der Waals surface area contributed by atoms with Crippen LogP contribution in [0.15, 0.2) is 12.3 Å². The molecule has 0 radical (unpaired) electrons. The summed E-state index contributed by atoms with van der Waals surface area (Å²) in [5, 5.41) is 20.5. The molecule has 6 nitrogen and oxygen atoms in total. The van der Waals surface area contributed by atoms with Crippen molar-refractivity contribution >= 4 is 23.3 Å². The highest BCUT2D eigenvalue weighted by molar-refractivity contribution is 6.33. The minimum Gasteiger partial charge on any atom is -0.370 e. The average molecular weight is 278 g/mol. The summed E-state index contributed by atoms with van der Waals surface area (Å²) < 4.78 is 0. The monoisotopic (exact) mass is 277 g/mol.